The fraction of sp³-hybridized carbons (Fsp3) is 0.0769. The standard InChI is InChI=1S/C13H10ClNO/c1-9-2-3-11(5-13(9)14)12-4-10(8-16)6-15-7-12/h2-8H,1H3. The third-order valence-electron chi connectivity index (χ3n) is 2.40. The zero-order chi connectivity index (χ0) is 11.5. The Morgan fingerprint density at radius 1 is 1.19 bits per heavy atom. The van der Waals surface area contributed by atoms with E-state index in [4.69, 9.17) is 11.6 Å². The SMILES string of the molecule is Cc1ccc(-c2cncc(C=O)c2)cc1Cl. The molecule has 1 aromatic carbocycles. The lowest BCUT2D eigenvalue weighted by atomic mass is 10.0. The number of benzene rings is 1. The molecule has 0 saturated carbocycles. The van der Waals surface area contributed by atoms with Gasteiger partial charge >= 0.3 is 0 Å². The van der Waals surface area contributed by atoms with Crippen molar-refractivity contribution in [3.05, 3.63) is 52.8 Å². The molecule has 1 heterocycles. The Morgan fingerprint density at radius 2 is 2.00 bits per heavy atom. The van der Waals surface area contributed by atoms with Crippen molar-refractivity contribution in [1.82, 2.24) is 4.98 Å². The summed E-state index contributed by atoms with van der Waals surface area (Å²) in [6.07, 6.45) is 4.03. The first-order valence-corrected chi connectivity index (χ1v) is 5.25. The van der Waals surface area contributed by atoms with Crippen molar-refractivity contribution >= 4 is 17.9 Å². The molecule has 0 fully saturated rings. The molecule has 0 spiro atoms. The van der Waals surface area contributed by atoms with Crippen molar-refractivity contribution in [2.24, 2.45) is 0 Å². The van der Waals surface area contributed by atoms with Gasteiger partial charge in [-0.15, -0.1) is 0 Å². The van der Waals surface area contributed by atoms with Gasteiger partial charge in [0.15, 0.2) is 6.29 Å². The smallest absolute Gasteiger partial charge is 0.151 e. The Morgan fingerprint density at radius 3 is 2.69 bits per heavy atom. The molecule has 0 aliphatic carbocycles. The minimum Gasteiger partial charge on any atom is -0.298 e. The van der Waals surface area contributed by atoms with E-state index in [0.29, 0.717) is 10.6 Å². The first kappa shape index (κ1) is 10.8. The molecule has 2 nitrogen and oxygen atoms in total. The van der Waals surface area contributed by atoms with Crippen molar-refractivity contribution in [1.29, 1.82) is 0 Å². The quantitative estimate of drug-likeness (QED) is 0.741. The molecular formula is C13H10ClNO. The third-order valence-corrected chi connectivity index (χ3v) is 2.81. The van der Waals surface area contributed by atoms with E-state index in [2.05, 4.69) is 4.98 Å². The zero-order valence-corrected chi connectivity index (χ0v) is 9.53. The fourth-order valence-electron chi connectivity index (χ4n) is 1.45. The van der Waals surface area contributed by atoms with E-state index < -0.39 is 0 Å². The number of carbonyl (C=O) groups is 1. The second-order valence-electron chi connectivity index (χ2n) is 3.59. The Kier molecular flexibility index (Phi) is 3.02. The molecule has 16 heavy (non-hydrogen) atoms. The average molecular weight is 232 g/mol. The van der Waals surface area contributed by atoms with Crippen LogP contribution in [0, 0.1) is 6.92 Å². The number of pyridine rings is 1. The summed E-state index contributed by atoms with van der Waals surface area (Å²) in [5.41, 5.74) is 3.46. The summed E-state index contributed by atoms with van der Waals surface area (Å²) in [6.45, 7) is 1.95. The van der Waals surface area contributed by atoms with Crippen LogP contribution in [0.2, 0.25) is 5.02 Å². The molecule has 0 radical (unpaired) electrons. The second-order valence-corrected chi connectivity index (χ2v) is 4.00. The first-order chi connectivity index (χ1) is 7.70. The number of hydrogen-bond acceptors (Lipinski definition) is 2. The van der Waals surface area contributed by atoms with E-state index in [9.17, 15) is 4.79 Å². The van der Waals surface area contributed by atoms with Crippen LogP contribution in [0.5, 0.6) is 0 Å². The maximum absolute atomic E-state index is 10.6. The van der Waals surface area contributed by atoms with Gasteiger partial charge < -0.3 is 0 Å². The largest absolute Gasteiger partial charge is 0.298 e. The maximum atomic E-state index is 10.6. The van der Waals surface area contributed by atoms with Gasteiger partial charge in [0, 0.05) is 28.5 Å². The van der Waals surface area contributed by atoms with Gasteiger partial charge in [0.1, 0.15) is 0 Å². The molecule has 0 aliphatic rings. The van der Waals surface area contributed by atoms with Gasteiger partial charge in [-0.1, -0.05) is 23.7 Å². The van der Waals surface area contributed by atoms with Gasteiger partial charge in [-0.05, 0) is 30.2 Å². The van der Waals surface area contributed by atoms with E-state index in [0.717, 1.165) is 23.0 Å². The zero-order valence-electron chi connectivity index (χ0n) is 8.77. The van der Waals surface area contributed by atoms with E-state index in [1.165, 1.54) is 6.20 Å². The Bertz CT molecular complexity index is 537. The molecule has 0 N–H and O–H groups in total. The summed E-state index contributed by atoms with van der Waals surface area (Å²) >= 11 is 6.05. The topological polar surface area (TPSA) is 30.0 Å². The third kappa shape index (κ3) is 2.12. The average Bonchev–Trinajstić information content (AvgIpc) is 2.33. The van der Waals surface area contributed by atoms with Crippen molar-refractivity contribution in [2.45, 2.75) is 6.92 Å². The molecule has 0 saturated heterocycles. The van der Waals surface area contributed by atoms with Crippen LogP contribution in [0.3, 0.4) is 0 Å². The molecule has 0 bridgehead atoms. The van der Waals surface area contributed by atoms with Crippen molar-refractivity contribution in [2.75, 3.05) is 0 Å². The minimum atomic E-state index is 0.564. The minimum absolute atomic E-state index is 0.564. The molecule has 0 unspecified atom stereocenters. The number of rotatable bonds is 2. The summed E-state index contributed by atoms with van der Waals surface area (Å²) in [6, 6.07) is 7.58. The van der Waals surface area contributed by atoms with Crippen LogP contribution in [0.25, 0.3) is 11.1 Å². The maximum Gasteiger partial charge on any atom is 0.151 e. The van der Waals surface area contributed by atoms with Gasteiger partial charge in [0.2, 0.25) is 0 Å². The van der Waals surface area contributed by atoms with E-state index in [1.807, 2.05) is 25.1 Å². The second kappa shape index (κ2) is 4.45. The Hall–Kier alpha value is -1.67. The summed E-state index contributed by atoms with van der Waals surface area (Å²) in [5, 5.41) is 0.717. The van der Waals surface area contributed by atoms with Crippen molar-refractivity contribution < 1.29 is 4.79 Å². The van der Waals surface area contributed by atoms with E-state index in [-0.39, 0.29) is 0 Å². The predicted molar refractivity (Wildman–Crippen MR) is 64.8 cm³/mol. The number of nitrogens with zero attached hydrogens (tertiary/aromatic N) is 1. The van der Waals surface area contributed by atoms with Gasteiger partial charge in [0.05, 0.1) is 0 Å². The first-order valence-electron chi connectivity index (χ1n) is 4.87. The molecule has 0 amide bonds. The fourth-order valence-corrected chi connectivity index (χ4v) is 1.63. The van der Waals surface area contributed by atoms with Gasteiger partial charge in [-0.2, -0.15) is 0 Å². The van der Waals surface area contributed by atoms with Crippen LogP contribution in [-0.4, -0.2) is 11.3 Å². The number of aldehydes is 1. The number of aromatic nitrogens is 1. The normalized spacial score (nSPS) is 10.1. The molecule has 1 aromatic heterocycles. The van der Waals surface area contributed by atoms with Crippen LogP contribution in [-0.2, 0) is 0 Å². The Labute approximate surface area is 98.9 Å². The number of halogens is 1. The van der Waals surface area contributed by atoms with Gasteiger partial charge in [-0.3, -0.25) is 9.78 Å². The van der Waals surface area contributed by atoms with E-state index >= 15 is 0 Å². The van der Waals surface area contributed by atoms with Crippen LogP contribution in [0.1, 0.15) is 15.9 Å². The predicted octanol–water partition coefficient (Wildman–Crippen LogP) is 3.52. The van der Waals surface area contributed by atoms with Crippen LogP contribution in [0.4, 0.5) is 0 Å². The molecule has 0 atom stereocenters. The highest BCUT2D eigenvalue weighted by Gasteiger charge is 2.02. The summed E-state index contributed by atoms with van der Waals surface area (Å²) in [7, 11) is 0. The van der Waals surface area contributed by atoms with Gasteiger partial charge in [-0.25, -0.2) is 0 Å². The number of carbonyl (C=O) groups excluding carboxylic acids is 1. The number of aryl methyl sites for hydroxylation is 1. The van der Waals surface area contributed by atoms with Crippen LogP contribution in [0.15, 0.2) is 36.7 Å². The molecule has 80 valence electrons. The molecule has 2 aromatic rings. The highest BCUT2D eigenvalue weighted by Crippen LogP contribution is 2.24. The molecular weight excluding hydrogens is 222 g/mol. The van der Waals surface area contributed by atoms with Crippen LogP contribution >= 0.6 is 11.6 Å². The lowest BCUT2D eigenvalue weighted by Gasteiger charge is -2.04. The van der Waals surface area contributed by atoms with Gasteiger partial charge in [0.25, 0.3) is 0 Å². The highest BCUT2D eigenvalue weighted by atomic mass is 35.5. The molecule has 3 heteroatoms. The molecule has 0 aliphatic heterocycles. The summed E-state index contributed by atoms with van der Waals surface area (Å²) < 4.78 is 0. The molecule has 2 rings (SSSR count). The summed E-state index contributed by atoms with van der Waals surface area (Å²) in [5.74, 6) is 0. The lowest BCUT2D eigenvalue weighted by molar-refractivity contribution is 0.112. The van der Waals surface area contributed by atoms with E-state index in [1.54, 1.807) is 12.3 Å². The Balaban J connectivity index is 2.49. The van der Waals surface area contributed by atoms with Crippen molar-refractivity contribution in [3.8, 4) is 11.1 Å². The van der Waals surface area contributed by atoms with Crippen LogP contribution < -0.4 is 0 Å². The monoisotopic (exact) mass is 231 g/mol. The van der Waals surface area contributed by atoms with Crippen molar-refractivity contribution in [3.63, 3.8) is 0 Å². The highest BCUT2D eigenvalue weighted by molar-refractivity contribution is 6.31. The lowest BCUT2D eigenvalue weighted by Crippen LogP contribution is -1.86. The number of hydrogen-bond donors (Lipinski definition) is 0. The summed E-state index contributed by atoms with van der Waals surface area (Å²) in [4.78, 5) is 14.7.